The Morgan fingerprint density at radius 3 is 3.00 bits per heavy atom. The fraction of sp³-hybridized carbons (Fsp3) is 0.600. The highest BCUT2D eigenvalue weighted by atomic mass is 16.2. The number of likely N-dealkylation sites (tertiary alicyclic amines) is 1. The molecular weight excluding hydrogens is 238 g/mol. The minimum atomic E-state index is -0.237. The van der Waals surface area contributed by atoms with Crippen LogP contribution in [-0.2, 0) is 11.2 Å². The number of nitrogens with two attached hydrogens (primary N) is 1. The molecule has 0 aliphatic carbocycles. The number of aromatic nitrogens is 1. The summed E-state index contributed by atoms with van der Waals surface area (Å²) in [6.45, 7) is 4.95. The summed E-state index contributed by atoms with van der Waals surface area (Å²) >= 11 is 0. The molecule has 1 saturated heterocycles. The number of hydrogen-bond acceptors (Lipinski definition) is 3. The Hall–Kier alpha value is -1.42. The van der Waals surface area contributed by atoms with Crippen LogP contribution in [0, 0.1) is 0 Å². The standard InChI is InChI=1S/C15H23N3O/c1-15(2)13(16)7-5-11-18(15)14(19)9-8-12-6-3-4-10-17-12/h3-4,6,10,13H,5,7-9,11,16H2,1-2H3. The van der Waals surface area contributed by atoms with Crippen molar-refractivity contribution in [3.8, 4) is 0 Å². The summed E-state index contributed by atoms with van der Waals surface area (Å²) in [4.78, 5) is 18.6. The number of rotatable bonds is 3. The second-order valence-corrected chi connectivity index (χ2v) is 5.77. The van der Waals surface area contributed by atoms with E-state index in [0.717, 1.165) is 25.1 Å². The second-order valence-electron chi connectivity index (χ2n) is 5.77. The molecule has 19 heavy (non-hydrogen) atoms. The maximum absolute atomic E-state index is 12.4. The maximum Gasteiger partial charge on any atom is 0.223 e. The summed E-state index contributed by atoms with van der Waals surface area (Å²) in [5, 5.41) is 0. The van der Waals surface area contributed by atoms with Gasteiger partial charge in [0.1, 0.15) is 0 Å². The van der Waals surface area contributed by atoms with Crippen molar-refractivity contribution in [3.05, 3.63) is 30.1 Å². The highest BCUT2D eigenvalue weighted by Crippen LogP contribution is 2.27. The topological polar surface area (TPSA) is 59.2 Å². The largest absolute Gasteiger partial charge is 0.336 e. The summed E-state index contributed by atoms with van der Waals surface area (Å²) in [5.41, 5.74) is 6.87. The molecule has 1 aromatic heterocycles. The predicted molar refractivity (Wildman–Crippen MR) is 75.6 cm³/mol. The van der Waals surface area contributed by atoms with Crippen molar-refractivity contribution in [1.82, 2.24) is 9.88 Å². The van der Waals surface area contributed by atoms with E-state index in [1.54, 1.807) is 6.20 Å². The fourth-order valence-corrected chi connectivity index (χ4v) is 2.67. The van der Waals surface area contributed by atoms with Crippen LogP contribution >= 0.6 is 0 Å². The summed E-state index contributed by atoms with van der Waals surface area (Å²) < 4.78 is 0. The molecule has 1 amide bonds. The molecule has 0 spiro atoms. The van der Waals surface area contributed by atoms with Crippen LogP contribution in [0.1, 0.15) is 38.8 Å². The van der Waals surface area contributed by atoms with Crippen molar-refractivity contribution in [2.75, 3.05) is 6.54 Å². The van der Waals surface area contributed by atoms with Crippen LogP contribution in [0.25, 0.3) is 0 Å². The Labute approximate surface area is 115 Å². The minimum Gasteiger partial charge on any atom is -0.336 e. The molecule has 1 aliphatic heterocycles. The lowest BCUT2D eigenvalue weighted by Gasteiger charge is -2.46. The first-order valence-corrected chi connectivity index (χ1v) is 6.98. The number of aryl methyl sites for hydroxylation is 1. The number of carbonyl (C=O) groups is 1. The highest BCUT2D eigenvalue weighted by Gasteiger charge is 2.38. The molecule has 2 N–H and O–H groups in total. The van der Waals surface area contributed by atoms with Crippen molar-refractivity contribution >= 4 is 5.91 Å². The van der Waals surface area contributed by atoms with Crippen LogP contribution in [-0.4, -0.2) is 33.9 Å². The van der Waals surface area contributed by atoms with Crippen LogP contribution in [0.15, 0.2) is 24.4 Å². The Kier molecular flexibility index (Phi) is 4.20. The number of hydrogen-bond donors (Lipinski definition) is 1. The summed E-state index contributed by atoms with van der Waals surface area (Å²) in [7, 11) is 0. The number of piperidine rings is 1. The third kappa shape index (κ3) is 3.13. The van der Waals surface area contributed by atoms with Gasteiger partial charge >= 0.3 is 0 Å². The lowest BCUT2D eigenvalue weighted by atomic mass is 9.85. The molecule has 1 fully saturated rings. The van der Waals surface area contributed by atoms with Gasteiger partial charge in [0, 0.05) is 30.9 Å². The van der Waals surface area contributed by atoms with Crippen molar-refractivity contribution in [1.29, 1.82) is 0 Å². The number of nitrogens with zero attached hydrogens (tertiary/aromatic N) is 2. The van der Waals surface area contributed by atoms with Gasteiger partial charge in [-0.3, -0.25) is 9.78 Å². The zero-order chi connectivity index (χ0) is 13.9. The first kappa shape index (κ1) is 14.0. The van der Waals surface area contributed by atoms with Crippen LogP contribution < -0.4 is 5.73 Å². The van der Waals surface area contributed by atoms with Gasteiger partial charge in [-0.1, -0.05) is 6.07 Å². The van der Waals surface area contributed by atoms with Gasteiger partial charge < -0.3 is 10.6 Å². The monoisotopic (exact) mass is 261 g/mol. The van der Waals surface area contributed by atoms with Crippen molar-refractivity contribution in [2.45, 2.75) is 51.1 Å². The molecule has 0 aromatic carbocycles. The van der Waals surface area contributed by atoms with Gasteiger partial charge in [0.25, 0.3) is 0 Å². The van der Waals surface area contributed by atoms with E-state index in [2.05, 4.69) is 18.8 Å². The van der Waals surface area contributed by atoms with E-state index >= 15 is 0 Å². The van der Waals surface area contributed by atoms with Crippen LogP contribution in [0.4, 0.5) is 0 Å². The molecule has 2 heterocycles. The SMILES string of the molecule is CC1(C)C(N)CCCN1C(=O)CCc1ccccn1. The average Bonchev–Trinajstić information content (AvgIpc) is 2.40. The Balaban J connectivity index is 1.96. The first-order chi connectivity index (χ1) is 9.01. The maximum atomic E-state index is 12.4. The Morgan fingerprint density at radius 2 is 2.32 bits per heavy atom. The van der Waals surface area contributed by atoms with E-state index < -0.39 is 0 Å². The molecule has 0 saturated carbocycles. The molecule has 4 heteroatoms. The highest BCUT2D eigenvalue weighted by molar-refractivity contribution is 5.77. The van der Waals surface area contributed by atoms with E-state index in [1.165, 1.54) is 0 Å². The quantitative estimate of drug-likeness (QED) is 0.901. The molecule has 2 rings (SSSR count). The third-order valence-corrected chi connectivity index (χ3v) is 4.12. The lowest BCUT2D eigenvalue weighted by Crippen LogP contribution is -2.61. The molecule has 1 aromatic rings. The lowest BCUT2D eigenvalue weighted by molar-refractivity contribution is -0.139. The van der Waals surface area contributed by atoms with E-state index in [4.69, 9.17) is 5.73 Å². The minimum absolute atomic E-state index is 0.0695. The van der Waals surface area contributed by atoms with Crippen molar-refractivity contribution in [2.24, 2.45) is 5.73 Å². The summed E-state index contributed by atoms with van der Waals surface area (Å²) in [5.74, 6) is 0.186. The average molecular weight is 261 g/mol. The third-order valence-electron chi connectivity index (χ3n) is 4.12. The smallest absolute Gasteiger partial charge is 0.223 e. The van der Waals surface area contributed by atoms with Gasteiger partial charge in [-0.15, -0.1) is 0 Å². The summed E-state index contributed by atoms with van der Waals surface area (Å²) in [6.07, 6.45) is 4.96. The van der Waals surface area contributed by atoms with Gasteiger partial charge in [0.05, 0.1) is 5.54 Å². The number of pyridine rings is 1. The Bertz CT molecular complexity index is 430. The molecule has 1 atom stereocenters. The van der Waals surface area contributed by atoms with Crippen LogP contribution in [0.3, 0.4) is 0 Å². The molecule has 1 aliphatic rings. The molecule has 0 bridgehead atoms. The number of carbonyl (C=O) groups excluding carboxylic acids is 1. The van der Waals surface area contributed by atoms with Gasteiger partial charge in [0.15, 0.2) is 0 Å². The molecule has 1 unspecified atom stereocenters. The van der Waals surface area contributed by atoms with E-state index in [9.17, 15) is 4.79 Å². The van der Waals surface area contributed by atoms with Gasteiger partial charge in [-0.2, -0.15) is 0 Å². The van der Waals surface area contributed by atoms with Crippen molar-refractivity contribution in [3.63, 3.8) is 0 Å². The van der Waals surface area contributed by atoms with Crippen LogP contribution in [0.2, 0.25) is 0 Å². The Morgan fingerprint density at radius 1 is 1.53 bits per heavy atom. The number of amides is 1. The first-order valence-electron chi connectivity index (χ1n) is 6.98. The van der Waals surface area contributed by atoms with E-state index in [1.807, 2.05) is 23.1 Å². The van der Waals surface area contributed by atoms with Gasteiger partial charge in [-0.25, -0.2) is 0 Å². The zero-order valence-corrected chi connectivity index (χ0v) is 11.8. The second kappa shape index (κ2) is 5.70. The predicted octanol–water partition coefficient (Wildman–Crippen LogP) is 1.74. The fourth-order valence-electron chi connectivity index (χ4n) is 2.67. The van der Waals surface area contributed by atoms with Gasteiger partial charge in [0.2, 0.25) is 5.91 Å². The van der Waals surface area contributed by atoms with Gasteiger partial charge in [-0.05, 0) is 45.2 Å². The molecule has 0 radical (unpaired) electrons. The van der Waals surface area contributed by atoms with Crippen molar-refractivity contribution < 1.29 is 4.79 Å². The molecule has 104 valence electrons. The van der Waals surface area contributed by atoms with Crippen LogP contribution in [0.5, 0.6) is 0 Å². The normalized spacial score (nSPS) is 22.3. The van der Waals surface area contributed by atoms with E-state index in [0.29, 0.717) is 12.8 Å². The molecular formula is C15H23N3O. The summed E-state index contributed by atoms with van der Waals surface area (Å²) in [6, 6.07) is 5.87. The molecule has 4 nitrogen and oxygen atoms in total. The van der Waals surface area contributed by atoms with E-state index in [-0.39, 0.29) is 17.5 Å². The zero-order valence-electron chi connectivity index (χ0n) is 11.8.